The Labute approximate surface area is 241 Å². The molecule has 1 aromatic heterocycles. The molecule has 2 fully saturated rings. The fourth-order valence-corrected chi connectivity index (χ4v) is 5.14. The summed E-state index contributed by atoms with van der Waals surface area (Å²) in [6, 6.07) is -0.161. The standard InChI is InChI=1S/C25H42N6O11/c1-25(2,3)42-24(39)29-10-13-17(34)16(33)12(40-13)9-11(15(21(27)37)28-7-4-6-26)20-18(35)19(36)22(41-20)31-8-5-14(32)30-23(31)38/h5,8,11-13,15-20,22,28,33-36H,4,6-7,9-10,26H2,1-3H3,(H2,27,37)(H,29,39)(H,30,32,38)/t11-,12-,13+,15?,16-,17+,18?,19?,20+,22+/m0/s1. The van der Waals surface area contributed by atoms with E-state index in [1.165, 1.54) is 0 Å². The molecule has 2 amide bonds. The summed E-state index contributed by atoms with van der Waals surface area (Å²) in [7, 11) is 0. The molecule has 0 radical (unpaired) electrons. The van der Waals surface area contributed by atoms with Crippen molar-refractivity contribution < 1.29 is 44.2 Å². The average molecular weight is 603 g/mol. The number of ether oxygens (including phenoxy) is 3. The Morgan fingerprint density at radius 1 is 1.10 bits per heavy atom. The summed E-state index contributed by atoms with van der Waals surface area (Å²) in [5.41, 5.74) is 8.93. The predicted molar refractivity (Wildman–Crippen MR) is 145 cm³/mol. The number of primary amides is 1. The maximum absolute atomic E-state index is 12.6. The third-order valence-corrected chi connectivity index (χ3v) is 7.11. The van der Waals surface area contributed by atoms with E-state index in [0.717, 1.165) is 16.8 Å². The Morgan fingerprint density at radius 3 is 2.36 bits per heavy atom. The van der Waals surface area contributed by atoms with E-state index in [-0.39, 0.29) is 19.5 Å². The third-order valence-electron chi connectivity index (χ3n) is 7.11. The Balaban J connectivity index is 1.85. The van der Waals surface area contributed by atoms with Gasteiger partial charge in [0.2, 0.25) is 5.91 Å². The number of nitrogens with two attached hydrogens (primary N) is 2. The van der Waals surface area contributed by atoms with E-state index in [4.69, 9.17) is 25.7 Å². The first kappa shape index (κ1) is 33.6. The van der Waals surface area contributed by atoms with Gasteiger partial charge in [-0.3, -0.25) is 19.1 Å². The molecule has 0 aliphatic carbocycles. The predicted octanol–water partition coefficient (Wildman–Crippen LogP) is -4.03. The first-order valence-corrected chi connectivity index (χ1v) is 13.7. The monoisotopic (exact) mass is 602 g/mol. The molecule has 3 heterocycles. The van der Waals surface area contributed by atoms with E-state index in [9.17, 15) is 39.6 Å². The van der Waals surface area contributed by atoms with Crippen molar-refractivity contribution in [1.29, 1.82) is 0 Å². The molecule has 2 aliphatic heterocycles. The van der Waals surface area contributed by atoms with Crippen LogP contribution in [0, 0.1) is 5.92 Å². The summed E-state index contributed by atoms with van der Waals surface area (Å²) in [6.45, 7) is 5.37. The van der Waals surface area contributed by atoms with Crippen molar-refractivity contribution in [2.45, 2.75) is 94.2 Å². The second-order valence-electron chi connectivity index (χ2n) is 11.4. The Morgan fingerprint density at radius 2 is 1.76 bits per heavy atom. The molecule has 1 aromatic rings. The normalized spacial score (nSPS) is 31.0. The second-order valence-corrected chi connectivity index (χ2v) is 11.4. The average Bonchev–Trinajstić information content (AvgIpc) is 3.33. The van der Waals surface area contributed by atoms with Crippen LogP contribution in [-0.4, -0.2) is 116 Å². The molecule has 238 valence electrons. The summed E-state index contributed by atoms with van der Waals surface area (Å²) in [5.74, 6) is -1.92. The second kappa shape index (κ2) is 14.0. The first-order valence-electron chi connectivity index (χ1n) is 13.7. The number of nitrogens with one attached hydrogen (secondary N) is 3. The number of aliphatic hydroxyl groups is 4. The highest BCUT2D eigenvalue weighted by molar-refractivity contribution is 5.80. The summed E-state index contributed by atoms with van der Waals surface area (Å²) in [4.78, 5) is 50.6. The molecule has 2 aliphatic rings. The molecule has 0 spiro atoms. The highest BCUT2D eigenvalue weighted by Gasteiger charge is 2.53. The van der Waals surface area contributed by atoms with Gasteiger partial charge in [0.25, 0.3) is 5.56 Å². The molecule has 11 N–H and O–H groups in total. The number of hydrogen-bond donors (Lipinski definition) is 9. The minimum absolute atomic E-state index is 0.208. The van der Waals surface area contributed by atoms with E-state index in [1.54, 1.807) is 20.8 Å². The number of aliphatic hydroxyl groups excluding tert-OH is 4. The van der Waals surface area contributed by atoms with Crippen molar-refractivity contribution in [1.82, 2.24) is 20.2 Å². The number of alkyl carbamates (subject to hydrolysis) is 1. The molecule has 2 saturated heterocycles. The summed E-state index contributed by atoms with van der Waals surface area (Å²) in [5, 5.41) is 48.7. The Bertz CT molecular complexity index is 1190. The van der Waals surface area contributed by atoms with Crippen molar-refractivity contribution in [3.63, 3.8) is 0 Å². The zero-order valence-electron chi connectivity index (χ0n) is 23.7. The van der Waals surface area contributed by atoms with Crippen molar-refractivity contribution in [3.05, 3.63) is 33.1 Å². The van der Waals surface area contributed by atoms with Crippen LogP contribution in [0.15, 0.2) is 21.9 Å². The molecular weight excluding hydrogens is 560 g/mol. The van der Waals surface area contributed by atoms with Crippen molar-refractivity contribution in [2.75, 3.05) is 19.6 Å². The van der Waals surface area contributed by atoms with Crippen LogP contribution in [0.4, 0.5) is 4.79 Å². The lowest BCUT2D eigenvalue weighted by Gasteiger charge is -2.34. The summed E-state index contributed by atoms with van der Waals surface area (Å²) < 4.78 is 17.8. The minimum atomic E-state index is -1.66. The number of carbonyl (C=O) groups is 2. The van der Waals surface area contributed by atoms with Crippen LogP contribution in [0.3, 0.4) is 0 Å². The van der Waals surface area contributed by atoms with Gasteiger partial charge in [-0.05, 0) is 46.7 Å². The molecule has 17 nitrogen and oxygen atoms in total. The number of aromatic nitrogens is 2. The largest absolute Gasteiger partial charge is 0.444 e. The number of nitrogens with zero attached hydrogens (tertiary/aromatic N) is 1. The van der Waals surface area contributed by atoms with Gasteiger partial charge in [0.05, 0.1) is 18.2 Å². The fourth-order valence-electron chi connectivity index (χ4n) is 5.14. The number of amides is 2. The van der Waals surface area contributed by atoms with Crippen molar-refractivity contribution >= 4 is 12.0 Å². The zero-order chi connectivity index (χ0) is 31.4. The number of hydrogen-bond acceptors (Lipinski definition) is 13. The van der Waals surface area contributed by atoms with Crippen LogP contribution in [-0.2, 0) is 19.0 Å². The van der Waals surface area contributed by atoms with E-state index in [2.05, 4.69) is 10.6 Å². The van der Waals surface area contributed by atoms with Gasteiger partial charge in [0.15, 0.2) is 6.23 Å². The lowest BCUT2D eigenvalue weighted by atomic mass is 9.83. The van der Waals surface area contributed by atoms with Crippen LogP contribution in [0.5, 0.6) is 0 Å². The number of carbonyl (C=O) groups excluding carboxylic acids is 2. The van der Waals surface area contributed by atoms with Gasteiger partial charge in [0, 0.05) is 24.7 Å². The molecule has 0 aromatic carbocycles. The molecule has 42 heavy (non-hydrogen) atoms. The highest BCUT2D eigenvalue weighted by Crippen LogP contribution is 2.37. The topological polar surface area (TPSA) is 274 Å². The highest BCUT2D eigenvalue weighted by atomic mass is 16.6. The van der Waals surface area contributed by atoms with E-state index in [0.29, 0.717) is 13.0 Å². The van der Waals surface area contributed by atoms with Gasteiger partial charge in [-0.15, -0.1) is 0 Å². The Kier molecular flexibility index (Phi) is 11.2. The van der Waals surface area contributed by atoms with E-state index < -0.39 is 89.8 Å². The first-order chi connectivity index (χ1) is 19.6. The van der Waals surface area contributed by atoms with Crippen LogP contribution >= 0.6 is 0 Å². The van der Waals surface area contributed by atoms with Gasteiger partial charge >= 0.3 is 11.8 Å². The smallest absolute Gasteiger partial charge is 0.407 e. The lowest BCUT2D eigenvalue weighted by molar-refractivity contribution is -0.127. The minimum Gasteiger partial charge on any atom is -0.444 e. The maximum Gasteiger partial charge on any atom is 0.407 e. The van der Waals surface area contributed by atoms with Crippen molar-refractivity contribution in [2.24, 2.45) is 17.4 Å². The summed E-state index contributed by atoms with van der Waals surface area (Å²) in [6.07, 6.45) is -10.6. The Hall–Kier alpha value is -2.90. The van der Waals surface area contributed by atoms with Crippen LogP contribution in [0.25, 0.3) is 0 Å². The number of H-pyrrole nitrogens is 1. The van der Waals surface area contributed by atoms with E-state index in [1.807, 2.05) is 4.98 Å². The van der Waals surface area contributed by atoms with Crippen LogP contribution in [0.1, 0.15) is 39.8 Å². The molecule has 17 heteroatoms. The lowest BCUT2D eigenvalue weighted by Crippen LogP contribution is -2.54. The van der Waals surface area contributed by atoms with Gasteiger partial charge in [-0.25, -0.2) is 9.59 Å². The molecule has 0 saturated carbocycles. The maximum atomic E-state index is 12.6. The molecule has 10 atom stereocenters. The van der Waals surface area contributed by atoms with Crippen LogP contribution < -0.4 is 33.3 Å². The quantitative estimate of drug-likeness (QED) is 0.103. The van der Waals surface area contributed by atoms with Gasteiger partial charge in [0.1, 0.15) is 36.1 Å². The molecular formula is C25H42N6O11. The van der Waals surface area contributed by atoms with Gasteiger partial charge in [-0.2, -0.15) is 0 Å². The fraction of sp³-hybridized carbons (Fsp3) is 0.760. The van der Waals surface area contributed by atoms with Crippen molar-refractivity contribution in [3.8, 4) is 0 Å². The molecule has 3 unspecified atom stereocenters. The zero-order valence-corrected chi connectivity index (χ0v) is 23.7. The van der Waals surface area contributed by atoms with Crippen LogP contribution in [0.2, 0.25) is 0 Å². The SMILES string of the molecule is CC(C)(C)OC(=O)NC[C@H]1O[C@@H](C[C@@H](C(NCCCN)C(N)=O)[C@H]2O[C@@H](n3ccc(=O)[nH]c3=O)C(O)C2O)[C@H](O)[C@@H]1O. The number of aromatic amines is 1. The molecule has 0 bridgehead atoms. The van der Waals surface area contributed by atoms with Gasteiger partial charge in [-0.1, -0.05) is 0 Å². The molecule has 3 rings (SSSR count). The third kappa shape index (κ3) is 8.13. The summed E-state index contributed by atoms with van der Waals surface area (Å²) >= 11 is 0. The van der Waals surface area contributed by atoms with Gasteiger partial charge < -0.3 is 56.7 Å². The number of rotatable bonds is 12. The van der Waals surface area contributed by atoms with E-state index >= 15 is 0 Å².